The molecule has 3 N–H and O–H groups in total. The first-order valence-corrected chi connectivity index (χ1v) is 7.28. The van der Waals surface area contributed by atoms with Gasteiger partial charge < -0.3 is 15.6 Å². The largest absolute Gasteiger partial charge is 0.364 e. The Morgan fingerprint density at radius 3 is 2.59 bits per heavy atom. The van der Waals surface area contributed by atoms with Gasteiger partial charge in [0, 0.05) is 18.1 Å². The number of carbonyl (C=O) groups excluding carboxylic acids is 2. The van der Waals surface area contributed by atoms with Gasteiger partial charge in [0.05, 0.1) is 6.20 Å². The summed E-state index contributed by atoms with van der Waals surface area (Å²) >= 11 is 5.81. The molecular weight excluding hydrogens is 304 g/mol. The first-order chi connectivity index (χ1) is 10.5. The number of nitrogens with one attached hydrogen (secondary N) is 1. The number of benzene rings is 1. The van der Waals surface area contributed by atoms with E-state index < -0.39 is 5.91 Å². The Labute approximate surface area is 133 Å². The van der Waals surface area contributed by atoms with Crippen LogP contribution in [-0.4, -0.2) is 21.4 Å². The predicted molar refractivity (Wildman–Crippen MR) is 83.7 cm³/mol. The Morgan fingerprint density at radius 2 is 2.00 bits per heavy atom. The summed E-state index contributed by atoms with van der Waals surface area (Å²) in [6.45, 7) is 2.79. The smallest absolute Gasteiger partial charge is 0.287 e. The van der Waals surface area contributed by atoms with E-state index in [9.17, 15) is 9.59 Å². The molecule has 2 rings (SSSR count). The number of aromatic nitrogens is 2. The van der Waals surface area contributed by atoms with Gasteiger partial charge in [-0.25, -0.2) is 4.98 Å². The van der Waals surface area contributed by atoms with Crippen molar-refractivity contribution in [3.8, 4) is 0 Å². The van der Waals surface area contributed by atoms with E-state index in [1.54, 1.807) is 16.7 Å². The third-order valence-electron chi connectivity index (χ3n) is 3.12. The number of carbonyl (C=O) groups is 2. The standard InChI is InChI=1S/C15H17ClN4O2/c1-2-7-20-12(13(17)21)9-18-14(20)15(22)19-8-10-3-5-11(16)6-4-10/h3-6,9H,2,7-8H2,1H3,(H2,17,21)(H,19,22). The molecule has 0 saturated heterocycles. The number of nitrogens with zero attached hydrogens (tertiary/aromatic N) is 2. The van der Waals surface area contributed by atoms with E-state index in [4.69, 9.17) is 17.3 Å². The Kier molecular flexibility index (Phi) is 5.16. The van der Waals surface area contributed by atoms with Crippen LogP contribution >= 0.6 is 11.6 Å². The van der Waals surface area contributed by atoms with Crippen molar-refractivity contribution in [3.63, 3.8) is 0 Å². The highest BCUT2D eigenvalue weighted by Crippen LogP contribution is 2.10. The van der Waals surface area contributed by atoms with Gasteiger partial charge in [-0.1, -0.05) is 30.7 Å². The highest BCUT2D eigenvalue weighted by Gasteiger charge is 2.18. The van der Waals surface area contributed by atoms with Crippen LogP contribution in [0.25, 0.3) is 0 Å². The SMILES string of the molecule is CCCn1c(C(N)=O)cnc1C(=O)NCc1ccc(Cl)cc1. The van der Waals surface area contributed by atoms with E-state index in [1.165, 1.54) is 6.20 Å². The van der Waals surface area contributed by atoms with Gasteiger partial charge in [-0.2, -0.15) is 0 Å². The zero-order valence-electron chi connectivity index (χ0n) is 12.2. The molecule has 116 valence electrons. The molecule has 0 saturated carbocycles. The molecule has 22 heavy (non-hydrogen) atoms. The van der Waals surface area contributed by atoms with Gasteiger partial charge in [-0.3, -0.25) is 9.59 Å². The van der Waals surface area contributed by atoms with Gasteiger partial charge in [0.25, 0.3) is 11.8 Å². The maximum Gasteiger partial charge on any atom is 0.287 e. The van der Waals surface area contributed by atoms with Crippen LogP contribution in [-0.2, 0) is 13.1 Å². The topological polar surface area (TPSA) is 90.0 Å². The van der Waals surface area contributed by atoms with Crippen molar-refractivity contribution in [3.05, 3.63) is 52.6 Å². The van der Waals surface area contributed by atoms with Gasteiger partial charge in [0.15, 0.2) is 5.82 Å². The number of amides is 2. The van der Waals surface area contributed by atoms with Crippen LogP contribution in [0.5, 0.6) is 0 Å². The van der Waals surface area contributed by atoms with Crippen molar-refractivity contribution in [2.75, 3.05) is 0 Å². The highest BCUT2D eigenvalue weighted by atomic mass is 35.5. The summed E-state index contributed by atoms with van der Waals surface area (Å²) in [7, 11) is 0. The number of primary amides is 1. The molecule has 7 heteroatoms. The van der Waals surface area contributed by atoms with Crippen molar-refractivity contribution in [1.29, 1.82) is 0 Å². The number of halogens is 1. The van der Waals surface area contributed by atoms with Crippen LogP contribution in [0, 0.1) is 0 Å². The Balaban J connectivity index is 2.12. The third-order valence-corrected chi connectivity index (χ3v) is 3.38. The maximum absolute atomic E-state index is 12.2. The predicted octanol–water partition coefficient (Wildman–Crippen LogP) is 1.98. The van der Waals surface area contributed by atoms with Crippen molar-refractivity contribution in [2.24, 2.45) is 5.73 Å². The fraction of sp³-hybridized carbons (Fsp3) is 0.267. The molecule has 0 aliphatic heterocycles. The second kappa shape index (κ2) is 7.09. The number of rotatable bonds is 6. The summed E-state index contributed by atoms with van der Waals surface area (Å²) < 4.78 is 1.54. The lowest BCUT2D eigenvalue weighted by atomic mass is 10.2. The lowest BCUT2D eigenvalue weighted by Crippen LogP contribution is -2.28. The number of hydrogen-bond donors (Lipinski definition) is 2. The summed E-state index contributed by atoms with van der Waals surface area (Å²) in [4.78, 5) is 27.6. The molecule has 2 amide bonds. The average molecular weight is 321 g/mol. The van der Waals surface area contributed by atoms with Crippen LogP contribution in [0.2, 0.25) is 5.02 Å². The first kappa shape index (κ1) is 16.0. The van der Waals surface area contributed by atoms with Crippen molar-refractivity contribution in [2.45, 2.75) is 26.4 Å². The molecular formula is C15H17ClN4O2. The fourth-order valence-corrected chi connectivity index (χ4v) is 2.19. The Hall–Kier alpha value is -2.34. The minimum absolute atomic E-state index is 0.185. The molecule has 1 aromatic heterocycles. The second-order valence-electron chi connectivity index (χ2n) is 4.79. The van der Waals surface area contributed by atoms with Crippen LogP contribution in [0.1, 0.15) is 40.0 Å². The van der Waals surface area contributed by atoms with E-state index in [1.807, 2.05) is 19.1 Å². The molecule has 1 aromatic carbocycles. The van der Waals surface area contributed by atoms with Crippen LogP contribution in [0.15, 0.2) is 30.5 Å². The van der Waals surface area contributed by atoms with Crippen LogP contribution < -0.4 is 11.1 Å². The molecule has 0 radical (unpaired) electrons. The average Bonchev–Trinajstić information content (AvgIpc) is 2.91. The summed E-state index contributed by atoms with van der Waals surface area (Å²) in [6.07, 6.45) is 2.09. The van der Waals surface area contributed by atoms with Gasteiger partial charge in [-0.05, 0) is 24.1 Å². The van der Waals surface area contributed by atoms with Crippen molar-refractivity contribution >= 4 is 23.4 Å². The molecule has 0 unspecified atom stereocenters. The van der Waals surface area contributed by atoms with E-state index in [0.717, 1.165) is 12.0 Å². The summed E-state index contributed by atoms with van der Waals surface area (Å²) in [5, 5.41) is 3.41. The molecule has 6 nitrogen and oxygen atoms in total. The van der Waals surface area contributed by atoms with Crippen LogP contribution in [0.4, 0.5) is 0 Å². The molecule has 2 aromatic rings. The quantitative estimate of drug-likeness (QED) is 0.852. The molecule has 0 bridgehead atoms. The Morgan fingerprint density at radius 1 is 1.32 bits per heavy atom. The minimum Gasteiger partial charge on any atom is -0.364 e. The van der Waals surface area contributed by atoms with Gasteiger partial charge >= 0.3 is 0 Å². The number of imidazole rings is 1. The lowest BCUT2D eigenvalue weighted by Gasteiger charge is -2.09. The van der Waals surface area contributed by atoms with E-state index >= 15 is 0 Å². The maximum atomic E-state index is 12.2. The molecule has 0 aliphatic carbocycles. The van der Waals surface area contributed by atoms with Gasteiger partial charge in [0.1, 0.15) is 5.69 Å². The first-order valence-electron chi connectivity index (χ1n) is 6.91. The molecule has 1 heterocycles. The van der Waals surface area contributed by atoms with Gasteiger partial charge in [-0.15, -0.1) is 0 Å². The zero-order chi connectivity index (χ0) is 16.1. The molecule has 0 spiro atoms. The molecule has 0 aliphatic rings. The fourth-order valence-electron chi connectivity index (χ4n) is 2.07. The third kappa shape index (κ3) is 3.65. The van der Waals surface area contributed by atoms with Gasteiger partial charge in [0.2, 0.25) is 0 Å². The monoisotopic (exact) mass is 320 g/mol. The minimum atomic E-state index is -0.599. The van der Waals surface area contributed by atoms with Crippen molar-refractivity contribution < 1.29 is 9.59 Å². The summed E-state index contributed by atoms with van der Waals surface area (Å²) in [5.41, 5.74) is 6.45. The van der Waals surface area contributed by atoms with E-state index in [2.05, 4.69) is 10.3 Å². The molecule has 0 fully saturated rings. The highest BCUT2D eigenvalue weighted by molar-refractivity contribution is 6.30. The number of hydrogen-bond acceptors (Lipinski definition) is 3. The normalized spacial score (nSPS) is 10.5. The summed E-state index contributed by atoms with van der Waals surface area (Å²) in [6, 6.07) is 7.17. The second-order valence-corrected chi connectivity index (χ2v) is 5.23. The van der Waals surface area contributed by atoms with E-state index in [-0.39, 0.29) is 17.4 Å². The number of nitrogens with two attached hydrogens (primary N) is 1. The lowest BCUT2D eigenvalue weighted by molar-refractivity contribution is 0.0935. The summed E-state index contributed by atoms with van der Waals surface area (Å²) in [5.74, 6) is -0.766. The van der Waals surface area contributed by atoms with Crippen LogP contribution in [0.3, 0.4) is 0 Å². The van der Waals surface area contributed by atoms with Crippen molar-refractivity contribution in [1.82, 2.24) is 14.9 Å². The molecule has 0 atom stereocenters. The Bertz CT molecular complexity index is 679. The van der Waals surface area contributed by atoms with E-state index in [0.29, 0.717) is 18.1 Å². The zero-order valence-corrected chi connectivity index (χ0v) is 12.9.